The Bertz CT molecular complexity index is 155. The van der Waals surface area contributed by atoms with Gasteiger partial charge < -0.3 is 4.74 Å². The highest BCUT2D eigenvalue weighted by Crippen LogP contribution is 2.15. The van der Waals surface area contributed by atoms with E-state index in [0.717, 1.165) is 0 Å². The van der Waals surface area contributed by atoms with Crippen molar-refractivity contribution in [3.05, 3.63) is 0 Å². The largest absolute Gasteiger partial charge is 0.575 e. The van der Waals surface area contributed by atoms with Crippen LogP contribution in [0.15, 0.2) is 0 Å². The molecule has 0 bridgehead atoms. The Morgan fingerprint density at radius 2 is 2.00 bits per heavy atom. The Hall–Kier alpha value is -1.25. The Balaban J connectivity index is 3.78. The van der Waals surface area contributed by atoms with Crippen LogP contribution in [0.1, 0.15) is 0 Å². The molecule has 6 heteroatoms. The number of esters is 1. The molecular weight excluding hydrogens is 139 g/mol. The van der Waals surface area contributed by atoms with Gasteiger partial charge in [0.15, 0.2) is 6.07 Å². The normalized spacial score (nSPS) is 10.0. The summed E-state index contributed by atoms with van der Waals surface area (Å²) < 4.78 is 35.3. The summed E-state index contributed by atoms with van der Waals surface area (Å²) in [5.74, 6) is -1.96. The van der Waals surface area contributed by atoms with Crippen LogP contribution < -0.4 is 0 Å². The Morgan fingerprint density at radius 1 is 1.56 bits per heavy atom. The van der Waals surface area contributed by atoms with E-state index >= 15 is 0 Å². The third-order valence-electron chi connectivity index (χ3n) is 0.300. The number of carbonyl (C=O) groups is 1. The van der Waals surface area contributed by atoms with Gasteiger partial charge in [-0.1, -0.05) is 0 Å². The predicted octanol–water partition coefficient (Wildman–Crippen LogP) is 0.573. The first kappa shape index (κ1) is 7.75. The van der Waals surface area contributed by atoms with Crippen LogP contribution in [-0.2, 0) is 9.53 Å². The minimum atomic E-state index is -5.05. The number of ether oxygens (including phenoxy) is 1. The number of rotatable bonds is 0. The molecule has 0 aromatic rings. The molecule has 0 aliphatic carbocycles. The lowest BCUT2D eigenvalue weighted by Gasteiger charge is -2.00. The topological polar surface area (TPSA) is 50.1 Å². The molecule has 9 heavy (non-hydrogen) atoms. The lowest BCUT2D eigenvalue weighted by atomic mass is 10.8. The highest BCUT2D eigenvalue weighted by atomic mass is 19.4. The van der Waals surface area contributed by atoms with Crippen molar-refractivity contribution in [2.45, 2.75) is 6.36 Å². The second kappa shape index (κ2) is 2.35. The van der Waals surface area contributed by atoms with Gasteiger partial charge in [-0.3, -0.25) is 0 Å². The molecular formula is C3F3NO2. The SMILES string of the molecule is N#CC(=O)OC(F)(F)F. The summed E-state index contributed by atoms with van der Waals surface area (Å²) in [7, 11) is 0. The average molecular weight is 139 g/mol. The van der Waals surface area contributed by atoms with Crippen molar-refractivity contribution in [2.75, 3.05) is 0 Å². The molecule has 0 atom stereocenters. The van der Waals surface area contributed by atoms with Gasteiger partial charge >= 0.3 is 12.3 Å². The van der Waals surface area contributed by atoms with Crippen molar-refractivity contribution in [1.29, 1.82) is 5.26 Å². The van der Waals surface area contributed by atoms with E-state index in [2.05, 4.69) is 4.74 Å². The van der Waals surface area contributed by atoms with Gasteiger partial charge in [0.25, 0.3) is 0 Å². The smallest absolute Gasteiger partial charge is 0.361 e. The number of nitriles is 1. The molecule has 0 spiro atoms. The first-order valence-electron chi connectivity index (χ1n) is 1.65. The summed E-state index contributed by atoms with van der Waals surface area (Å²) in [4.78, 5) is 9.52. The van der Waals surface area contributed by atoms with Crippen molar-refractivity contribution >= 4 is 5.97 Å². The van der Waals surface area contributed by atoms with E-state index in [-0.39, 0.29) is 0 Å². The van der Waals surface area contributed by atoms with E-state index in [1.165, 1.54) is 0 Å². The van der Waals surface area contributed by atoms with Crippen LogP contribution in [0.3, 0.4) is 0 Å². The quantitative estimate of drug-likeness (QED) is 0.364. The Morgan fingerprint density at radius 3 is 2.11 bits per heavy atom. The van der Waals surface area contributed by atoms with Crippen LogP contribution in [-0.4, -0.2) is 12.3 Å². The van der Waals surface area contributed by atoms with Crippen LogP contribution in [0.5, 0.6) is 0 Å². The fourth-order valence-electron chi connectivity index (χ4n) is 0.128. The number of nitrogens with zero attached hydrogens (tertiary/aromatic N) is 1. The predicted molar refractivity (Wildman–Crippen MR) is 17.8 cm³/mol. The number of alkyl halides is 3. The first-order chi connectivity index (χ1) is 3.95. The molecule has 0 saturated carbocycles. The molecule has 0 fully saturated rings. The van der Waals surface area contributed by atoms with Crippen LogP contribution >= 0.6 is 0 Å². The van der Waals surface area contributed by atoms with Gasteiger partial charge in [0.05, 0.1) is 0 Å². The van der Waals surface area contributed by atoms with Gasteiger partial charge in [0.2, 0.25) is 0 Å². The Kier molecular flexibility index (Phi) is 2.02. The zero-order chi connectivity index (χ0) is 7.49. The molecule has 0 aromatic heterocycles. The lowest BCUT2D eigenvalue weighted by molar-refractivity contribution is -0.302. The van der Waals surface area contributed by atoms with Crippen LogP contribution in [0, 0.1) is 11.3 Å². The molecule has 0 saturated heterocycles. The highest BCUT2D eigenvalue weighted by Gasteiger charge is 2.33. The second-order valence-electron chi connectivity index (χ2n) is 0.947. The van der Waals surface area contributed by atoms with E-state index in [1.54, 1.807) is 0 Å². The zero-order valence-electron chi connectivity index (χ0n) is 3.90. The van der Waals surface area contributed by atoms with Gasteiger partial charge in [-0.05, 0) is 0 Å². The lowest BCUT2D eigenvalue weighted by Crippen LogP contribution is -2.17. The molecule has 50 valence electrons. The summed E-state index contributed by atoms with van der Waals surface area (Å²) in [6.07, 6.45) is -5.05. The molecule has 0 N–H and O–H groups in total. The summed E-state index contributed by atoms with van der Waals surface area (Å²) >= 11 is 0. The maximum Gasteiger partial charge on any atom is 0.575 e. The number of carbonyl (C=O) groups excluding carboxylic acids is 1. The maximum absolute atomic E-state index is 10.9. The average Bonchev–Trinajstić information content (AvgIpc) is 1.62. The van der Waals surface area contributed by atoms with E-state index in [4.69, 9.17) is 5.26 Å². The van der Waals surface area contributed by atoms with Gasteiger partial charge in [-0.25, -0.2) is 4.79 Å². The van der Waals surface area contributed by atoms with E-state index in [1.807, 2.05) is 0 Å². The standard InChI is InChI=1S/C3F3NO2/c4-3(5,6)9-2(8)1-7. The van der Waals surface area contributed by atoms with Gasteiger partial charge in [-0.15, -0.1) is 13.2 Å². The molecule has 0 heterocycles. The van der Waals surface area contributed by atoms with Crippen LogP contribution in [0.4, 0.5) is 13.2 Å². The maximum atomic E-state index is 10.9. The minimum absolute atomic E-state index is 0.640. The van der Waals surface area contributed by atoms with Gasteiger partial charge in [0.1, 0.15) is 0 Å². The third kappa shape index (κ3) is 4.61. The van der Waals surface area contributed by atoms with E-state index in [0.29, 0.717) is 6.07 Å². The molecule has 0 aliphatic rings. The second-order valence-corrected chi connectivity index (χ2v) is 0.947. The summed E-state index contributed by atoms with van der Waals surface area (Å²) in [5, 5.41) is 7.47. The highest BCUT2D eigenvalue weighted by molar-refractivity contribution is 5.85. The first-order valence-corrected chi connectivity index (χ1v) is 1.65. The molecule has 0 rings (SSSR count). The van der Waals surface area contributed by atoms with Crippen LogP contribution in [0.25, 0.3) is 0 Å². The molecule has 0 radical (unpaired) electrons. The van der Waals surface area contributed by atoms with Crippen molar-refractivity contribution in [3.8, 4) is 6.07 Å². The van der Waals surface area contributed by atoms with E-state index in [9.17, 15) is 18.0 Å². The summed E-state index contributed by atoms with van der Waals surface area (Å²) in [6, 6.07) is 0.640. The zero-order valence-corrected chi connectivity index (χ0v) is 3.90. The van der Waals surface area contributed by atoms with Crippen molar-refractivity contribution in [2.24, 2.45) is 0 Å². The summed E-state index contributed by atoms with van der Waals surface area (Å²) in [6.45, 7) is 0. The number of hydrogen-bond donors (Lipinski definition) is 0. The van der Waals surface area contributed by atoms with E-state index < -0.39 is 12.3 Å². The molecule has 3 nitrogen and oxygen atoms in total. The molecule has 0 amide bonds. The Labute approximate surface area is 47.6 Å². The van der Waals surface area contributed by atoms with Crippen molar-refractivity contribution < 1.29 is 22.7 Å². The van der Waals surface area contributed by atoms with Gasteiger partial charge in [0, 0.05) is 0 Å². The molecule has 0 unspecified atom stereocenters. The number of halogens is 3. The fraction of sp³-hybridized carbons (Fsp3) is 0.333. The van der Waals surface area contributed by atoms with Gasteiger partial charge in [-0.2, -0.15) is 5.26 Å². The summed E-state index contributed by atoms with van der Waals surface area (Å²) in [5.41, 5.74) is 0. The molecule has 0 aromatic carbocycles. The monoisotopic (exact) mass is 139 g/mol. The third-order valence-corrected chi connectivity index (χ3v) is 0.300. The number of hydrogen-bond acceptors (Lipinski definition) is 3. The van der Waals surface area contributed by atoms with Crippen molar-refractivity contribution in [1.82, 2.24) is 0 Å². The molecule has 0 aliphatic heterocycles. The van der Waals surface area contributed by atoms with Crippen molar-refractivity contribution in [3.63, 3.8) is 0 Å². The van der Waals surface area contributed by atoms with Crippen LogP contribution in [0.2, 0.25) is 0 Å². The minimum Gasteiger partial charge on any atom is -0.361 e. The fourth-order valence-corrected chi connectivity index (χ4v) is 0.128.